The summed E-state index contributed by atoms with van der Waals surface area (Å²) < 4.78 is 33.5. The lowest BCUT2D eigenvalue weighted by Gasteiger charge is -2.24. The normalized spacial score (nSPS) is 14.1. The highest BCUT2D eigenvalue weighted by Gasteiger charge is 2.29. The first-order valence-electron chi connectivity index (χ1n) is 7.74. The number of halogens is 2. The van der Waals surface area contributed by atoms with Gasteiger partial charge in [-0.05, 0) is 33.1 Å². The maximum Gasteiger partial charge on any atom is 0.408 e. The van der Waals surface area contributed by atoms with Gasteiger partial charge in [-0.2, -0.15) is 8.78 Å². The van der Waals surface area contributed by atoms with Crippen LogP contribution in [-0.2, 0) is 19.1 Å². The fraction of sp³-hybridized carbons (Fsp3) is 0.800. The van der Waals surface area contributed by atoms with Gasteiger partial charge in [0.1, 0.15) is 17.7 Å². The van der Waals surface area contributed by atoms with Crippen molar-refractivity contribution in [1.82, 2.24) is 10.6 Å². The summed E-state index contributed by atoms with van der Waals surface area (Å²) >= 11 is 0. The number of hydrogen-bond donors (Lipinski definition) is 3. The Morgan fingerprint density at radius 2 is 1.64 bits per heavy atom. The summed E-state index contributed by atoms with van der Waals surface area (Å²) in [6.07, 6.45) is -0.878. The molecule has 0 saturated carbocycles. The number of amides is 2. The van der Waals surface area contributed by atoms with Crippen molar-refractivity contribution >= 4 is 18.0 Å². The van der Waals surface area contributed by atoms with Gasteiger partial charge < -0.3 is 25.2 Å². The third kappa shape index (κ3) is 11.2. The third-order valence-corrected chi connectivity index (χ3v) is 2.72. The van der Waals surface area contributed by atoms with Crippen LogP contribution in [0.3, 0.4) is 0 Å². The first-order chi connectivity index (χ1) is 11.3. The molecular formula is C15H26F2N2O6. The molecule has 0 bridgehead atoms. The van der Waals surface area contributed by atoms with Crippen LogP contribution in [0.2, 0.25) is 0 Å². The van der Waals surface area contributed by atoms with Gasteiger partial charge >= 0.3 is 18.7 Å². The smallest absolute Gasteiger partial charge is 0.408 e. The summed E-state index contributed by atoms with van der Waals surface area (Å²) in [4.78, 5) is 35.1. The molecule has 0 saturated heterocycles. The number of ether oxygens (including phenoxy) is 2. The summed E-state index contributed by atoms with van der Waals surface area (Å²) in [7, 11) is 0. The van der Waals surface area contributed by atoms with Gasteiger partial charge in [-0.15, -0.1) is 0 Å². The first kappa shape index (κ1) is 23.0. The van der Waals surface area contributed by atoms with Crippen LogP contribution >= 0.6 is 0 Å². The van der Waals surface area contributed by atoms with Gasteiger partial charge in [0.25, 0.3) is 0 Å². The highest BCUT2D eigenvalue weighted by molar-refractivity contribution is 5.89. The van der Waals surface area contributed by atoms with Crippen molar-refractivity contribution in [1.29, 1.82) is 0 Å². The molecule has 3 N–H and O–H groups in total. The molecule has 0 aliphatic rings. The molecular weight excluding hydrogens is 342 g/mol. The molecule has 2 atom stereocenters. The zero-order valence-corrected chi connectivity index (χ0v) is 15.0. The molecule has 0 aromatic heterocycles. The minimum Gasteiger partial charge on any atom is -0.480 e. The van der Waals surface area contributed by atoms with Crippen LogP contribution < -0.4 is 10.6 Å². The van der Waals surface area contributed by atoms with Gasteiger partial charge in [0.05, 0.1) is 6.61 Å². The highest BCUT2D eigenvalue weighted by Crippen LogP contribution is 2.08. The predicted molar refractivity (Wildman–Crippen MR) is 84.1 cm³/mol. The Balaban J connectivity index is 5.01. The van der Waals surface area contributed by atoms with Gasteiger partial charge in [-0.25, -0.2) is 9.59 Å². The number of alkyl carbamates (subject to hydrolysis) is 1. The summed E-state index contributed by atoms with van der Waals surface area (Å²) in [5.41, 5.74) is -0.865. The van der Waals surface area contributed by atoms with E-state index < -0.39 is 48.9 Å². The maximum atomic E-state index is 12.2. The molecule has 10 heteroatoms. The molecule has 0 heterocycles. The van der Waals surface area contributed by atoms with Crippen LogP contribution in [0.5, 0.6) is 0 Å². The second-order valence-electron chi connectivity index (χ2n) is 6.82. The molecule has 25 heavy (non-hydrogen) atoms. The lowest BCUT2D eigenvalue weighted by Crippen LogP contribution is -2.54. The summed E-state index contributed by atoms with van der Waals surface area (Å²) in [6, 6.07) is -2.75. The van der Waals surface area contributed by atoms with Gasteiger partial charge in [0.15, 0.2) is 0 Å². The van der Waals surface area contributed by atoms with Crippen LogP contribution in [0.1, 0.15) is 41.0 Å². The number of carboxylic acid groups (broad SMARTS) is 1. The van der Waals surface area contributed by atoms with E-state index in [1.807, 2.05) is 0 Å². The molecule has 0 rings (SSSR count). The Morgan fingerprint density at radius 1 is 1.08 bits per heavy atom. The minimum atomic E-state index is -3.15. The van der Waals surface area contributed by atoms with E-state index in [0.29, 0.717) is 0 Å². The number of carboxylic acids is 1. The van der Waals surface area contributed by atoms with Crippen LogP contribution in [0.15, 0.2) is 0 Å². The van der Waals surface area contributed by atoms with E-state index in [9.17, 15) is 23.2 Å². The van der Waals surface area contributed by atoms with Gasteiger partial charge in [-0.3, -0.25) is 4.79 Å². The molecule has 8 nitrogen and oxygen atoms in total. The monoisotopic (exact) mass is 368 g/mol. The van der Waals surface area contributed by atoms with Crippen molar-refractivity contribution in [3.05, 3.63) is 0 Å². The number of carbonyl (C=O) groups is 3. The van der Waals surface area contributed by atoms with Crippen molar-refractivity contribution in [2.45, 2.75) is 65.3 Å². The standard InChI is InChI=1S/C15H26F2N2O6/c1-8(2)6-9(12(21)22)18-11(20)10(7-24-13(16)17)19-14(23)25-15(3,4)5/h8-10,13H,6-7H2,1-5H3,(H,18,20)(H,19,23)(H,21,22)/t9-,10-/m0/s1. The molecule has 0 spiro atoms. The Labute approximate surface area is 145 Å². The SMILES string of the molecule is CC(C)C[C@H](NC(=O)[C@H](COC(F)F)NC(=O)OC(C)(C)C)C(=O)O. The van der Waals surface area contributed by atoms with E-state index in [0.717, 1.165) is 0 Å². The van der Waals surface area contributed by atoms with E-state index in [2.05, 4.69) is 15.4 Å². The largest absolute Gasteiger partial charge is 0.480 e. The van der Waals surface area contributed by atoms with E-state index in [1.165, 1.54) is 0 Å². The Hall–Kier alpha value is -1.97. The van der Waals surface area contributed by atoms with Crippen molar-refractivity contribution < 1.29 is 37.7 Å². The van der Waals surface area contributed by atoms with Gasteiger partial charge in [0.2, 0.25) is 5.91 Å². The number of alkyl halides is 2. The average Bonchev–Trinajstić information content (AvgIpc) is 2.39. The molecule has 0 aliphatic heterocycles. The molecule has 0 aromatic rings. The quantitative estimate of drug-likeness (QED) is 0.571. The zero-order valence-electron chi connectivity index (χ0n) is 15.0. The maximum absolute atomic E-state index is 12.2. The molecule has 2 amide bonds. The number of aliphatic carboxylic acids is 1. The summed E-state index contributed by atoms with van der Waals surface area (Å²) in [5, 5.41) is 13.4. The molecule has 0 unspecified atom stereocenters. The first-order valence-corrected chi connectivity index (χ1v) is 7.74. The fourth-order valence-corrected chi connectivity index (χ4v) is 1.77. The minimum absolute atomic E-state index is 0.0315. The fourth-order valence-electron chi connectivity index (χ4n) is 1.77. The molecule has 146 valence electrons. The van der Waals surface area contributed by atoms with Crippen LogP contribution in [0.25, 0.3) is 0 Å². The van der Waals surface area contributed by atoms with Gasteiger partial charge in [0, 0.05) is 0 Å². The van der Waals surface area contributed by atoms with Crippen LogP contribution in [0, 0.1) is 5.92 Å². The van der Waals surface area contributed by atoms with Gasteiger partial charge in [-0.1, -0.05) is 13.8 Å². The van der Waals surface area contributed by atoms with Crippen molar-refractivity contribution in [2.75, 3.05) is 6.61 Å². The lowest BCUT2D eigenvalue weighted by molar-refractivity contribution is -0.148. The number of rotatable bonds is 9. The Morgan fingerprint density at radius 3 is 2.04 bits per heavy atom. The molecule has 0 aliphatic carbocycles. The van der Waals surface area contributed by atoms with E-state index in [4.69, 9.17) is 9.84 Å². The highest BCUT2D eigenvalue weighted by atomic mass is 19.3. The number of carbonyl (C=O) groups excluding carboxylic acids is 2. The zero-order chi connectivity index (χ0) is 19.8. The van der Waals surface area contributed by atoms with Crippen LogP contribution in [-0.4, -0.2) is 54.0 Å². The average molecular weight is 368 g/mol. The Kier molecular flexibility index (Phi) is 9.32. The molecule has 0 radical (unpaired) electrons. The second-order valence-corrected chi connectivity index (χ2v) is 6.82. The third-order valence-electron chi connectivity index (χ3n) is 2.72. The number of hydrogen-bond acceptors (Lipinski definition) is 5. The molecule has 0 aromatic carbocycles. The predicted octanol–water partition coefficient (Wildman–Crippen LogP) is 1.73. The lowest BCUT2D eigenvalue weighted by atomic mass is 10.0. The topological polar surface area (TPSA) is 114 Å². The van der Waals surface area contributed by atoms with Crippen molar-refractivity contribution in [3.63, 3.8) is 0 Å². The Bertz CT molecular complexity index is 465. The van der Waals surface area contributed by atoms with E-state index >= 15 is 0 Å². The van der Waals surface area contributed by atoms with E-state index in [-0.39, 0.29) is 12.3 Å². The van der Waals surface area contributed by atoms with E-state index in [1.54, 1.807) is 34.6 Å². The van der Waals surface area contributed by atoms with Crippen molar-refractivity contribution in [2.24, 2.45) is 5.92 Å². The number of nitrogens with one attached hydrogen (secondary N) is 2. The summed E-state index contributed by atoms with van der Waals surface area (Å²) in [5.74, 6) is -2.26. The van der Waals surface area contributed by atoms with Crippen LogP contribution in [0.4, 0.5) is 13.6 Å². The second kappa shape index (κ2) is 10.1. The van der Waals surface area contributed by atoms with Crippen molar-refractivity contribution in [3.8, 4) is 0 Å². The summed E-state index contributed by atoms with van der Waals surface area (Å²) in [6.45, 7) is 4.29. The molecule has 0 fully saturated rings.